The van der Waals surface area contributed by atoms with Crippen molar-refractivity contribution < 1.29 is 4.79 Å². The van der Waals surface area contributed by atoms with Crippen molar-refractivity contribution in [1.82, 2.24) is 10.6 Å². The van der Waals surface area contributed by atoms with Gasteiger partial charge in [-0.2, -0.15) is 0 Å². The van der Waals surface area contributed by atoms with Crippen molar-refractivity contribution in [2.24, 2.45) is 11.3 Å². The predicted octanol–water partition coefficient (Wildman–Crippen LogP) is 2.88. The number of carbonyl (C=O) groups is 1. The smallest absolute Gasteiger partial charge is 0.224 e. The topological polar surface area (TPSA) is 41.1 Å². The third-order valence-corrected chi connectivity index (χ3v) is 3.51. The normalized spacial score (nSPS) is 13.1. The van der Waals surface area contributed by atoms with Crippen molar-refractivity contribution in [2.45, 2.75) is 27.2 Å². The van der Waals surface area contributed by atoms with Crippen LogP contribution in [0.3, 0.4) is 0 Å². The van der Waals surface area contributed by atoms with E-state index in [-0.39, 0.29) is 17.2 Å². The summed E-state index contributed by atoms with van der Waals surface area (Å²) in [6.45, 7) is 7.58. The minimum absolute atomic E-state index is 0.000292. The fourth-order valence-corrected chi connectivity index (χ4v) is 2.37. The Morgan fingerprint density at radius 2 is 2.10 bits per heavy atom. The van der Waals surface area contributed by atoms with Gasteiger partial charge in [0.1, 0.15) is 0 Å². The lowest BCUT2D eigenvalue weighted by atomic mass is 9.85. The maximum absolute atomic E-state index is 11.9. The van der Waals surface area contributed by atoms with Gasteiger partial charge in [-0.15, -0.1) is 0 Å². The third kappa shape index (κ3) is 5.93. The van der Waals surface area contributed by atoms with Crippen LogP contribution >= 0.6 is 11.6 Å². The van der Waals surface area contributed by atoms with Gasteiger partial charge >= 0.3 is 0 Å². The summed E-state index contributed by atoms with van der Waals surface area (Å²) >= 11 is 6.00. The minimum Gasteiger partial charge on any atom is -0.355 e. The monoisotopic (exact) mass is 296 g/mol. The van der Waals surface area contributed by atoms with Gasteiger partial charge in [-0.05, 0) is 36.6 Å². The number of halogens is 1. The molecule has 0 spiro atoms. The predicted molar refractivity (Wildman–Crippen MR) is 85.0 cm³/mol. The minimum atomic E-state index is -0.0121. The summed E-state index contributed by atoms with van der Waals surface area (Å²) in [6, 6.07) is 7.88. The standard InChI is InChI=1S/C16H25ClN2O/c1-12(10-18-4)15(20)19-11-16(2,3)9-13-6-5-7-14(17)8-13/h5-8,12,18H,9-11H2,1-4H3,(H,19,20). The Hall–Kier alpha value is -1.06. The van der Waals surface area contributed by atoms with E-state index in [2.05, 4.69) is 30.5 Å². The fourth-order valence-electron chi connectivity index (χ4n) is 2.16. The molecule has 0 aliphatic rings. The summed E-state index contributed by atoms with van der Waals surface area (Å²) < 4.78 is 0. The van der Waals surface area contributed by atoms with Gasteiger partial charge in [0, 0.05) is 24.0 Å². The van der Waals surface area contributed by atoms with Gasteiger partial charge in [0.15, 0.2) is 0 Å². The molecule has 0 heterocycles. The van der Waals surface area contributed by atoms with Crippen LogP contribution in [0.15, 0.2) is 24.3 Å². The van der Waals surface area contributed by atoms with Crippen LogP contribution in [0.5, 0.6) is 0 Å². The molecule has 1 aromatic rings. The molecule has 0 saturated heterocycles. The lowest BCUT2D eigenvalue weighted by Crippen LogP contribution is -2.40. The summed E-state index contributed by atoms with van der Waals surface area (Å²) in [5.41, 5.74) is 1.19. The molecular weight excluding hydrogens is 272 g/mol. The van der Waals surface area contributed by atoms with Crippen LogP contribution in [0, 0.1) is 11.3 Å². The first-order valence-corrected chi connectivity index (χ1v) is 7.38. The van der Waals surface area contributed by atoms with E-state index in [9.17, 15) is 4.79 Å². The molecule has 1 aromatic carbocycles. The summed E-state index contributed by atoms with van der Waals surface area (Å²) in [5, 5.41) is 6.80. The second-order valence-electron chi connectivity index (χ2n) is 6.15. The maximum atomic E-state index is 11.9. The molecule has 1 atom stereocenters. The second kappa shape index (κ2) is 7.65. The van der Waals surface area contributed by atoms with Crippen LogP contribution in [0.4, 0.5) is 0 Å². The molecule has 0 aliphatic carbocycles. The summed E-state index contributed by atoms with van der Waals surface area (Å²) in [6.07, 6.45) is 0.883. The number of amides is 1. The maximum Gasteiger partial charge on any atom is 0.224 e. The number of hydrogen-bond donors (Lipinski definition) is 2. The van der Waals surface area contributed by atoms with Crippen LogP contribution in [-0.2, 0) is 11.2 Å². The summed E-state index contributed by atoms with van der Waals surface area (Å²) in [4.78, 5) is 11.9. The molecule has 3 nitrogen and oxygen atoms in total. The quantitative estimate of drug-likeness (QED) is 0.812. The molecule has 1 rings (SSSR count). The van der Waals surface area contributed by atoms with E-state index in [0.717, 1.165) is 11.4 Å². The SMILES string of the molecule is CNCC(C)C(=O)NCC(C)(C)Cc1cccc(Cl)c1. The average molecular weight is 297 g/mol. The Kier molecular flexibility index (Phi) is 6.50. The van der Waals surface area contributed by atoms with Crippen LogP contribution in [0.2, 0.25) is 5.02 Å². The first-order valence-electron chi connectivity index (χ1n) is 7.01. The van der Waals surface area contributed by atoms with E-state index in [4.69, 9.17) is 11.6 Å². The van der Waals surface area contributed by atoms with Crippen LogP contribution in [-0.4, -0.2) is 26.0 Å². The largest absolute Gasteiger partial charge is 0.355 e. The highest BCUT2D eigenvalue weighted by atomic mass is 35.5. The Morgan fingerprint density at radius 3 is 2.70 bits per heavy atom. The molecule has 20 heavy (non-hydrogen) atoms. The van der Waals surface area contributed by atoms with Crippen molar-refractivity contribution in [2.75, 3.05) is 20.1 Å². The fraction of sp³-hybridized carbons (Fsp3) is 0.562. The van der Waals surface area contributed by atoms with Gasteiger partial charge in [0.05, 0.1) is 0 Å². The Morgan fingerprint density at radius 1 is 1.40 bits per heavy atom. The van der Waals surface area contributed by atoms with Gasteiger partial charge in [-0.3, -0.25) is 4.79 Å². The van der Waals surface area contributed by atoms with E-state index in [1.54, 1.807) is 0 Å². The van der Waals surface area contributed by atoms with Gasteiger partial charge in [-0.25, -0.2) is 0 Å². The van der Waals surface area contributed by atoms with Gasteiger partial charge in [0.2, 0.25) is 5.91 Å². The molecule has 1 unspecified atom stereocenters. The number of hydrogen-bond acceptors (Lipinski definition) is 2. The zero-order valence-electron chi connectivity index (χ0n) is 12.8. The average Bonchev–Trinajstić information content (AvgIpc) is 2.35. The third-order valence-electron chi connectivity index (χ3n) is 3.27. The van der Waals surface area contributed by atoms with Crippen molar-refractivity contribution in [3.63, 3.8) is 0 Å². The van der Waals surface area contributed by atoms with Crippen molar-refractivity contribution >= 4 is 17.5 Å². The molecule has 0 aliphatic heterocycles. The molecule has 1 amide bonds. The Labute approximate surface area is 127 Å². The number of rotatable bonds is 7. The molecular formula is C16H25ClN2O. The van der Waals surface area contributed by atoms with Crippen molar-refractivity contribution in [1.29, 1.82) is 0 Å². The Balaban J connectivity index is 2.51. The van der Waals surface area contributed by atoms with Crippen molar-refractivity contribution in [3.8, 4) is 0 Å². The van der Waals surface area contributed by atoms with E-state index in [1.165, 1.54) is 5.56 Å². The van der Waals surface area contributed by atoms with Gasteiger partial charge in [0.25, 0.3) is 0 Å². The molecule has 0 bridgehead atoms. The lowest BCUT2D eigenvalue weighted by molar-refractivity contribution is -0.124. The highest BCUT2D eigenvalue weighted by Crippen LogP contribution is 2.22. The highest BCUT2D eigenvalue weighted by Gasteiger charge is 2.21. The molecule has 0 aromatic heterocycles. The first kappa shape index (κ1) is 17.0. The van der Waals surface area contributed by atoms with Crippen LogP contribution in [0.25, 0.3) is 0 Å². The molecule has 0 saturated carbocycles. The second-order valence-corrected chi connectivity index (χ2v) is 6.58. The zero-order chi connectivity index (χ0) is 15.2. The molecule has 0 fully saturated rings. The molecule has 2 N–H and O–H groups in total. The van der Waals surface area contributed by atoms with Crippen LogP contribution < -0.4 is 10.6 Å². The van der Waals surface area contributed by atoms with Gasteiger partial charge in [-0.1, -0.05) is 44.5 Å². The van der Waals surface area contributed by atoms with E-state index in [0.29, 0.717) is 13.1 Å². The molecule has 4 heteroatoms. The van der Waals surface area contributed by atoms with Gasteiger partial charge < -0.3 is 10.6 Å². The first-order chi connectivity index (χ1) is 9.34. The van der Waals surface area contributed by atoms with E-state index in [1.807, 2.05) is 32.2 Å². The van der Waals surface area contributed by atoms with E-state index >= 15 is 0 Å². The highest BCUT2D eigenvalue weighted by molar-refractivity contribution is 6.30. The molecule has 0 radical (unpaired) electrons. The van der Waals surface area contributed by atoms with Crippen molar-refractivity contribution in [3.05, 3.63) is 34.9 Å². The summed E-state index contributed by atoms with van der Waals surface area (Å²) in [7, 11) is 1.85. The zero-order valence-corrected chi connectivity index (χ0v) is 13.6. The number of nitrogens with one attached hydrogen (secondary N) is 2. The Bertz CT molecular complexity index is 446. The summed E-state index contributed by atoms with van der Waals surface area (Å²) in [5.74, 6) is 0.0838. The van der Waals surface area contributed by atoms with E-state index < -0.39 is 0 Å². The lowest BCUT2D eigenvalue weighted by Gasteiger charge is -2.26. The number of benzene rings is 1. The number of carbonyl (C=O) groups excluding carboxylic acids is 1. The molecule has 112 valence electrons. The van der Waals surface area contributed by atoms with Crippen LogP contribution in [0.1, 0.15) is 26.3 Å².